The van der Waals surface area contributed by atoms with Crippen molar-refractivity contribution in [2.75, 3.05) is 5.75 Å². The minimum atomic E-state index is -1.01. The molecule has 70 valence electrons. The number of thioether (sulfide) groups is 1. The van der Waals surface area contributed by atoms with Crippen LogP contribution in [0.2, 0.25) is 0 Å². The smallest absolute Gasteiger partial charge is 0.320 e. The molecule has 5 heteroatoms. The van der Waals surface area contributed by atoms with Crippen LogP contribution in [-0.4, -0.2) is 28.0 Å². The van der Waals surface area contributed by atoms with Crippen LogP contribution in [0.1, 0.15) is 19.8 Å². The van der Waals surface area contributed by atoms with Gasteiger partial charge in [-0.25, -0.2) is 0 Å². The van der Waals surface area contributed by atoms with E-state index >= 15 is 0 Å². The third-order valence-electron chi connectivity index (χ3n) is 1.30. The summed E-state index contributed by atoms with van der Waals surface area (Å²) in [5.41, 5.74) is 5.22. The van der Waals surface area contributed by atoms with Crippen LogP contribution in [0.4, 0.5) is 0 Å². The van der Waals surface area contributed by atoms with E-state index < -0.39 is 12.0 Å². The van der Waals surface area contributed by atoms with Gasteiger partial charge in [-0.05, 0) is 6.42 Å². The Bertz CT molecular complexity index is 172. The summed E-state index contributed by atoms with van der Waals surface area (Å²) in [5.74, 6) is -0.528. The van der Waals surface area contributed by atoms with E-state index in [0.29, 0.717) is 18.6 Å². The van der Waals surface area contributed by atoms with E-state index in [2.05, 4.69) is 0 Å². The molecule has 0 aromatic rings. The second-order valence-corrected chi connectivity index (χ2v) is 3.46. The summed E-state index contributed by atoms with van der Waals surface area (Å²) in [4.78, 5) is 21.0. The fourth-order valence-corrected chi connectivity index (χ4v) is 1.33. The molecule has 0 fully saturated rings. The lowest BCUT2D eigenvalue weighted by Crippen LogP contribution is -2.30. The van der Waals surface area contributed by atoms with Crippen molar-refractivity contribution >= 4 is 22.8 Å². The van der Waals surface area contributed by atoms with Crippen LogP contribution in [0.15, 0.2) is 0 Å². The Balaban J connectivity index is 3.43. The minimum Gasteiger partial charge on any atom is -0.480 e. The third-order valence-corrected chi connectivity index (χ3v) is 2.35. The molecule has 0 heterocycles. The normalized spacial score (nSPS) is 12.5. The monoisotopic (exact) mass is 191 g/mol. The Morgan fingerprint density at radius 3 is 2.58 bits per heavy atom. The van der Waals surface area contributed by atoms with Crippen molar-refractivity contribution in [2.24, 2.45) is 5.73 Å². The molecule has 1 unspecified atom stereocenters. The summed E-state index contributed by atoms with van der Waals surface area (Å²) in [7, 11) is 0. The molecule has 0 saturated carbocycles. The lowest BCUT2D eigenvalue weighted by Gasteiger charge is -2.03. The fourth-order valence-electron chi connectivity index (χ4n) is 0.525. The molecule has 0 saturated heterocycles. The summed E-state index contributed by atoms with van der Waals surface area (Å²) < 4.78 is 0. The number of rotatable bonds is 5. The first-order chi connectivity index (χ1) is 5.57. The molecule has 3 N–H and O–H groups in total. The maximum absolute atomic E-state index is 10.7. The maximum Gasteiger partial charge on any atom is 0.320 e. The van der Waals surface area contributed by atoms with Gasteiger partial charge in [0.2, 0.25) is 0 Å². The number of carboxylic acids is 1. The number of carboxylic acid groups (broad SMARTS) is 1. The summed E-state index contributed by atoms with van der Waals surface area (Å²) in [6.45, 7) is 1.77. The van der Waals surface area contributed by atoms with Gasteiger partial charge in [-0.3, -0.25) is 9.59 Å². The van der Waals surface area contributed by atoms with Crippen LogP contribution in [0.25, 0.3) is 0 Å². The molecular formula is C7H13NO3S. The predicted octanol–water partition coefficient (Wildman–Crippen LogP) is 0.458. The van der Waals surface area contributed by atoms with Crippen LogP contribution in [0.3, 0.4) is 0 Å². The zero-order chi connectivity index (χ0) is 9.56. The SMILES string of the molecule is CCC(=O)SCCC(N)C(=O)O. The number of aliphatic carboxylic acids is 1. The van der Waals surface area contributed by atoms with E-state index in [1.807, 2.05) is 0 Å². The second kappa shape index (κ2) is 6.02. The van der Waals surface area contributed by atoms with Gasteiger partial charge >= 0.3 is 5.97 Å². The summed E-state index contributed by atoms with van der Waals surface area (Å²) in [6.07, 6.45) is 0.818. The van der Waals surface area contributed by atoms with Crippen LogP contribution >= 0.6 is 11.8 Å². The number of nitrogens with two attached hydrogens (primary N) is 1. The zero-order valence-electron chi connectivity index (χ0n) is 6.95. The molecule has 0 spiro atoms. The van der Waals surface area contributed by atoms with Gasteiger partial charge in [-0.2, -0.15) is 0 Å². The van der Waals surface area contributed by atoms with Crippen LogP contribution in [0.5, 0.6) is 0 Å². The highest BCUT2D eigenvalue weighted by molar-refractivity contribution is 8.13. The minimum absolute atomic E-state index is 0.0765. The lowest BCUT2D eigenvalue weighted by molar-refractivity contribution is -0.138. The fraction of sp³-hybridized carbons (Fsp3) is 0.714. The van der Waals surface area contributed by atoms with Crippen LogP contribution in [-0.2, 0) is 9.59 Å². The molecule has 0 bridgehead atoms. The average molecular weight is 191 g/mol. The molecule has 0 aliphatic carbocycles. The number of hydrogen-bond donors (Lipinski definition) is 2. The Kier molecular flexibility index (Phi) is 5.74. The molecule has 0 amide bonds. The zero-order valence-corrected chi connectivity index (χ0v) is 7.76. The summed E-state index contributed by atoms with van der Waals surface area (Å²) >= 11 is 1.14. The maximum atomic E-state index is 10.7. The van der Waals surface area contributed by atoms with E-state index in [4.69, 9.17) is 10.8 Å². The van der Waals surface area contributed by atoms with Gasteiger partial charge in [0.15, 0.2) is 5.12 Å². The summed E-state index contributed by atoms with van der Waals surface area (Å²) in [6, 6.07) is -0.845. The topological polar surface area (TPSA) is 80.4 Å². The third kappa shape index (κ3) is 5.15. The van der Waals surface area contributed by atoms with Gasteiger partial charge in [-0.15, -0.1) is 0 Å². The Hall–Kier alpha value is -0.550. The number of carbonyl (C=O) groups excluding carboxylic acids is 1. The first-order valence-electron chi connectivity index (χ1n) is 3.72. The highest BCUT2D eigenvalue weighted by atomic mass is 32.2. The van der Waals surface area contributed by atoms with Crippen LogP contribution in [0, 0.1) is 0 Å². The Morgan fingerprint density at radius 1 is 1.58 bits per heavy atom. The average Bonchev–Trinajstić information content (AvgIpc) is 2.03. The molecule has 0 radical (unpaired) electrons. The van der Waals surface area contributed by atoms with E-state index in [9.17, 15) is 9.59 Å². The number of carbonyl (C=O) groups is 2. The van der Waals surface area contributed by atoms with Gasteiger partial charge in [0, 0.05) is 12.2 Å². The molecule has 4 nitrogen and oxygen atoms in total. The molecular weight excluding hydrogens is 178 g/mol. The second-order valence-electron chi connectivity index (χ2n) is 2.31. The first-order valence-corrected chi connectivity index (χ1v) is 4.70. The van der Waals surface area contributed by atoms with Gasteiger partial charge in [0.05, 0.1) is 0 Å². The largest absolute Gasteiger partial charge is 0.480 e. The van der Waals surface area contributed by atoms with Gasteiger partial charge in [0.1, 0.15) is 6.04 Å². The van der Waals surface area contributed by atoms with Gasteiger partial charge in [-0.1, -0.05) is 18.7 Å². The van der Waals surface area contributed by atoms with E-state index in [1.165, 1.54) is 0 Å². The molecule has 0 rings (SSSR count). The molecule has 0 aliphatic heterocycles. The molecule has 1 atom stereocenters. The highest BCUT2D eigenvalue weighted by Gasteiger charge is 2.11. The predicted molar refractivity (Wildman–Crippen MR) is 48.0 cm³/mol. The van der Waals surface area contributed by atoms with Crippen molar-refractivity contribution in [3.63, 3.8) is 0 Å². The van der Waals surface area contributed by atoms with E-state index in [-0.39, 0.29) is 5.12 Å². The van der Waals surface area contributed by atoms with Crippen molar-refractivity contribution in [1.29, 1.82) is 0 Å². The molecule has 12 heavy (non-hydrogen) atoms. The molecule has 0 aromatic carbocycles. The Labute approximate surface area is 75.5 Å². The highest BCUT2D eigenvalue weighted by Crippen LogP contribution is 2.07. The van der Waals surface area contributed by atoms with Crippen molar-refractivity contribution in [3.05, 3.63) is 0 Å². The quantitative estimate of drug-likeness (QED) is 0.659. The van der Waals surface area contributed by atoms with Gasteiger partial charge < -0.3 is 10.8 Å². The molecule has 0 aromatic heterocycles. The lowest BCUT2D eigenvalue weighted by atomic mass is 10.2. The first kappa shape index (κ1) is 11.4. The van der Waals surface area contributed by atoms with Gasteiger partial charge in [0.25, 0.3) is 0 Å². The van der Waals surface area contributed by atoms with Crippen LogP contribution < -0.4 is 5.73 Å². The number of hydrogen-bond acceptors (Lipinski definition) is 4. The van der Waals surface area contributed by atoms with Crippen molar-refractivity contribution in [2.45, 2.75) is 25.8 Å². The van der Waals surface area contributed by atoms with E-state index in [1.54, 1.807) is 6.92 Å². The summed E-state index contributed by atoms with van der Waals surface area (Å²) in [5, 5.41) is 8.46. The van der Waals surface area contributed by atoms with Crippen molar-refractivity contribution in [3.8, 4) is 0 Å². The van der Waals surface area contributed by atoms with Crippen molar-refractivity contribution < 1.29 is 14.7 Å². The standard InChI is InChI=1S/C7H13NO3S/c1-2-6(9)12-4-3-5(8)7(10)11/h5H,2-4,8H2,1H3,(H,10,11). The Morgan fingerprint density at radius 2 is 2.17 bits per heavy atom. The molecule has 0 aliphatic rings. The van der Waals surface area contributed by atoms with Crippen molar-refractivity contribution in [1.82, 2.24) is 0 Å². The van der Waals surface area contributed by atoms with E-state index in [0.717, 1.165) is 11.8 Å².